The van der Waals surface area contributed by atoms with Crippen molar-refractivity contribution >= 4 is 10.0 Å². The number of nitrogens with zero attached hydrogens (tertiary/aromatic N) is 2. The minimum Gasteiger partial charge on any atom is -0.329 e. The quantitative estimate of drug-likeness (QED) is 0.737. The zero-order valence-corrected chi connectivity index (χ0v) is 9.80. The summed E-state index contributed by atoms with van der Waals surface area (Å²) in [7, 11) is -4.42. The number of alkyl halides is 2. The zero-order valence-electron chi connectivity index (χ0n) is 8.98. The predicted molar refractivity (Wildman–Crippen MR) is 56.6 cm³/mol. The molecule has 0 saturated carbocycles. The van der Waals surface area contributed by atoms with E-state index < -0.39 is 15.8 Å². The second-order valence-corrected chi connectivity index (χ2v) is 5.59. The summed E-state index contributed by atoms with van der Waals surface area (Å²) in [6.45, 7) is 2.60. The van der Waals surface area contributed by atoms with Crippen molar-refractivity contribution in [1.82, 2.24) is 9.21 Å². The largest absolute Gasteiger partial charge is 0.350 e. The molecule has 1 rings (SSSR count). The van der Waals surface area contributed by atoms with Crippen molar-refractivity contribution in [2.45, 2.75) is 12.2 Å². The third kappa shape index (κ3) is 3.34. The molecule has 16 heavy (non-hydrogen) atoms. The zero-order chi connectivity index (χ0) is 12.2. The first-order chi connectivity index (χ1) is 7.48. The van der Waals surface area contributed by atoms with Crippen molar-refractivity contribution in [3.63, 3.8) is 0 Å². The van der Waals surface area contributed by atoms with E-state index in [1.165, 1.54) is 0 Å². The van der Waals surface area contributed by atoms with E-state index in [2.05, 4.69) is 0 Å². The smallest absolute Gasteiger partial charge is 0.329 e. The first-order valence-corrected chi connectivity index (χ1v) is 6.68. The van der Waals surface area contributed by atoms with E-state index in [1.807, 2.05) is 4.90 Å². The monoisotopic (exact) mass is 257 g/mol. The molecule has 1 aliphatic rings. The van der Waals surface area contributed by atoms with Gasteiger partial charge in [0.25, 0.3) is 10.0 Å². The van der Waals surface area contributed by atoms with E-state index in [0.717, 1.165) is 4.31 Å². The number of rotatable bonds is 4. The van der Waals surface area contributed by atoms with Gasteiger partial charge in [-0.25, -0.2) is 8.42 Å². The summed E-state index contributed by atoms with van der Waals surface area (Å²) < 4.78 is 48.0. The molecule has 1 aliphatic heterocycles. The Balaban J connectivity index is 2.60. The van der Waals surface area contributed by atoms with Gasteiger partial charge in [-0.2, -0.15) is 13.1 Å². The average molecular weight is 257 g/mol. The second-order valence-electron chi connectivity index (χ2n) is 3.69. The Bertz CT molecular complexity index is 310. The molecule has 0 atom stereocenters. The Morgan fingerprint density at radius 3 is 2.44 bits per heavy atom. The van der Waals surface area contributed by atoms with Crippen LogP contribution in [0, 0.1) is 0 Å². The minimum absolute atomic E-state index is 0.118. The normalized spacial score (nSPS) is 21.2. The van der Waals surface area contributed by atoms with Crippen LogP contribution in [0.4, 0.5) is 8.78 Å². The summed E-state index contributed by atoms with van der Waals surface area (Å²) in [4.78, 5) is 1.99. The van der Waals surface area contributed by atoms with Crippen molar-refractivity contribution in [2.24, 2.45) is 5.73 Å². The first-order valence-electron chi connectivity index (χ1n) is 5.18. The summed E-state index contributed by atoms with van der Waals surface area (Å²) in [6.07, 6.45) is 0.561. The van der Waals surface area contributed by atoms with Crippen LogP contribution in [0.1, 0.15) is 6.42 Å². The highest BCUT2D eigenvalue weighted by Crippen LogP contribution is 2.14. The van der Waals surface area contributed by atoms with E-state index in [9.17, 15) is 17.2 Å². The highest BCUT2D eigenvalue weighted by Gasteiger charge is 2.32. The van der Waals surface area contributed by atoms with Gasteiger partial charge in [-0.1, -0.05) is 0 Å². The second kappa shape index (κ2) is 5.85. The van der Waals surface area contributed by atoms with E-state index in [4.69, 9.17) is 5.73 Å². The fourth-order valence-corrected chi connectivity index (χ4v) is 2.67. The molecule has 0 unspecified atom stereocenters. The fraction of sp³-hybridized carbons (Fsp3) is 1.00. The molecule has 0 aromatic rings. The van der Waals surface area contributed by atoms with Crippen molar-refractivity contribution < 1.29 is 17.2 Å². The molecule has 5 nitrogen and oxygen atoms in total. The summed E-state index contributed by atoms with van der Waals surface area (Å²) >= 11 is 0. The number of hydrogen-bond donors (Lipinski definition) is 1. The topological polar surface area (TPSA) is 66.6 Å². The number of nitrogens with two attached hydrogens (primary N) is 1. The molecule has 2 N–H and O–H groups in total. The van der Waals surface area contributed by atoms with Gasteiger partial charge in [0.15, 0.2) is 0 Å². The average Bonchev–Trinajstić information content (AvgIpc) is 2.44. The van der Waals surface area contributed by atoms with Crippen LogP contribution in [0.2, 0.25) is 0 Å². The molecule has 0 bridgehead atoms. The molecule has 8 heteroatoms. The molecule has 1 heterocycles. The van der Waals surface area contributed by atoms with Crippen LogP contribution in [0.5, 0.6) is 0 Å². The SMILES string of the molecule is NCCN1CCCN(S(=O)(=O)C(F)F)CC1. The Morgan fingerprint density at radius 2 is 1.88 bits per heavy atom. The van der Waals surface area contributed by atoms with Gasteiger partial charge in [0.2, 0.25) is 0 Å². The van der Waals surface area contributed by atoms with Crippen molar-refractivity contribution in [1.29, 1.82) is 0 Å². The maximum atomic E-state index is 12.3. The third-order valence-electron chi connectivity index (χ3n) is 2.58. The van der Waals surface area contributed by atoms with Gasteiger partial charge in [0.05, 0.1) is 0 Å². The summed E-state index contributed by atoms with van der Waals surface area (Å²) in [6, 6.07) is 0. The molecule has 0 aromatic heterocycles. The highest BCUT2D eigenvalue weighted by molar-refractivity contribution is 7.89. The van der Waals surface area contributed by atoms with Gasteiger partial charge in [-0.15, -0.1) is 0 Å². The van der Waals surface area contributed by atoms with Gasteiger partial charge in [0.1, 0.15) is 0 Å². The molecular formula is C8H17F2N3O2S. The molecule has 0 amide bonds. The lowest BCUT2D eigenvalue weighted by molar-refractivity contribution is 0.218. The van der Waals surface area contributed by atoms with Crippen molar-refractivity contribution in [3.05, 3.63) is 0 Å². The van der Waals surface area contributed by atoms with Crippen LogP contribution in [-0.4, -0.2) is 62.6 Å². The number of sulfonamides is 1. The lowest BCUT2D eigenvalue weighted by Gasteiger charge is -2.20. The number of halogens is 2. The van der Waals surface area contributed by atoms with Gasteiger partial charge < -0.3 is 10.6 Å². The maximum Gasteiger partial charge on any atom is 0.350 e. The Kier molecular flexibility index (Phi) is 5.03. The first kappa shape index (κ1) is 13.8. The van der Waals surface area contributed by atoms with Gasteiger partial charge in [-0.3, -0.25) is 0 Å². The fourth-order valence-electron chi connectivity index (χ4n) is 1.72. The van der Waals surface area contributed by atoms with Gasteiger partial charge >= 0.3 is 5.76 Å². The summed E-state index contributed by atoms with van der Waals surface area (Å²) in [5.41, 5.74) is 5.39. The van der Waals surface area contributed by atoms with Crippen LogP contribution < -0.4 is 5.73 Å². The summed E-state index contributed by atoms with van der Waals surface area (Å²) in [5, 5.41) is 0. The lowest BCUT2D eigenvalue weighted by Crippen LogP contribution is -2.39. The Labute approximate surface area is 94.2 Å². The van der Waals surface area contributed by atoms with Crippen LogP contribution in [0.3, 0.4) is 0 Å². The molecule has 0 aromatic carbocycles. The lowest BCUT2D eigenvalue weighted by atomic mass is 10.4. The van der Waals surface area contributed by atoms with Crippen molar-refractivity contribution in [2.75, 3.05) is 39.3 Å². The van der Waals surface area contributed by atoms with E-state index in [-0.39, 0.29) is 13.1 Å². The minimum atomic E-state index is -4.42. The van der Waals surface area contributed by atoms with Crippen LogP contribution in [0.15, 0.2) is 0 Å². The summed E-state index contributed by atoms with van der Waals surface area (Å²) in [5.74, 6) is -3.33. The molecular weight excluding hydrogens is 240 g/mol. The predicted octanol–water partition coefficient (Wildman–Crippen LogP) is -0.495. The Hall–Kier alpha value is -0.310. The molecule has 0 aliphatic carbocycles. The molecule has 1 saturated heterocycles. The van der Waals surface area contributed by atoms with E-state index in [1.54, 1.807) is 0 Å². The molecule has 96 valence electrons. The van der Waals surface area contributed by atoms with Crippen LogP contribution in [0.25, 0.3) is 0 Å². The molecule has 0 radical (unpaired) electrons. The van der Waals surface area contributed by atoms with Gasteiger partial charge in [0, 0.05) is 32.7 Å². The Morgan fingerprint density at radius 1 is 1.19 bits per heavy atom. The number of hydrogen-bond acceptors (Lipinski definition) is 4. The van der Waals surface area contributed by atoms with Gasteiger partial charge in [-0.05, 0) is 13.0 Å². The highest BCUT2D eigenvalue weighted by atomic mass is 32.2. The maximum absolute atomic E-state index is 12.3. The van der Waals surface area contributed by atoms with E-state index >= 15 is 0 Å². The van der Waals surface area contributed by atoms with Crippen LogP contribution in [-0.2, 0) is 10.0 Å². The standard InChI is InChI=1S/C8H17F2N3O2S/c9-8(10)16(14,15)13-4-1-3-12(5-2-11)6-7-13/h8H,1-7,11H2. The van der Waals surface area contributed by atoms with E-state index in [0.29, 0.717) is 32.6 Å². The van der Waals surface area contributed by atoms with Crippen LogP contribution >= 0.6 is 0 Å². The van der Waals surface area contributed by atoms with Crippen molar-refractivity contribution in [3.8, 4) is 0 Å². The third-order valence-corrected chi connectivity index (χ3v) is 4.11. The molecule has 1 fully saturated rings. The molecule has 0 spiro atoms.